The van der Waals surface area contributed by atoms with Crippen LogP contribution < -0.4 is 4.48 Å². The monoisotopic (exact) mass is 260 g/mol. The van der Waals surface area contributed by atoms with Gasteiger partial charge in [0.1, 0.15) is 5.69 Å². The number of quaternary nitrogens is 1. The molecule has 106 valence electrons. The molecule has 1 heteroatoms. The average Bonchev–Trinajstić information content (AvgIpc) is 2.45. The fourth-order valence-corrected chi connectivity index (χ4v) is 3.43. The summed E-state index contributed by atoms with van der Waals surface area (Å²) in [4.78, 5) is 0. The van der Waals surface area contributed by atoms with Crippen molar-refractivity contribution < 1.29 is 0 Å². The van der Waals surface area contributed by atoms with E-state index in [-0.39, 0.29) is 0 Å². The number of aryl methyl sites for hydroxylation is 1. The fourth-order valence-electron chi connectivity index (χ4n) is 3.43. The third kappa shape index (κ3) is 3.82. The molecule has 1 aromatic rings. The van der Waals surface area contributed by atoms with Gasteiger partial charge in [-0.15, -0.1) is 0 Å². The zero-order valence-corrected chi connectivity index (χ0v) is 12.8. The van der Waals surface area contributed by atoms with Gasteiger partial charge in [-0.2, -0.15) is 0 Å². The summed E-state index contributed by atoms with van der Waals surface area (Å²) in [6.45, 7) is 8.55. The standard InChI is InChI=1S/C18H30N/c1-3-4-5-7-14-19(15-8-6-9-16-19)18-12-10-17(2)11-13-18/h10-13H,3-9,14-16H2,1-2H3/q+1. The van der Waals surface area contributed by atoms with Crippen LogP contribution in [-0.2, 0) is 0 Å². The Balaban J connectivity index is 2.07. The van der Waals surface area contributed by atoms with E-state index in [1.165, 1.54) is 74.6 Å². The lowest BCUT2D eigenvalue weighted by atomic mass is 10.0. The normalized spacial score (nSPS) is 18.4. The number of unbranched alkanes of at least 4 members (excludes halogenated alkanes) is 3. The Labute approximate surface area is 119 Å². The third-order valence-corrected chi connectivity index (χ3v) is 4.69. The molecule has 0 aromatic heterocycles. The predicted molar refractivity (Wildman–Crippen MR) is 85.6 cm³/mol. The molecule has 0 spiro atoms. The average molecular weight is 260 g/mol. The van der Waals surface area contributed by atoms with Crippen LogP contribution in [0.1, 0.15) is 57.4 Å². The fraction of sp³-hybridized carbons (Fsp3) is 0.667. The highest BCUT2D eigenvalue weighted by Crippen LogP contribution is 2.29. The van der Waals surface area contributed by atoms with Crippen molar-refractivity contribution in [3.63, 3.8) is 0 Å². The van der Waals surface area contributed by atoms with Crippen molar-refractivity contribution in [2.75, 3.05) is 19.6 Å². The first-order valence-corrected chi connectivity index (χ1v) is 8.20. The van der Waals surface area contributed by atoms with Crippen LogP contribution in [0.25, 0.3) is 0 Å². The van der Waals surface area contributed by atoms with Crippen molar-refractivity contribution in [2.45, 2.75) is 58.8 Å². The molecule has 2 rings (SSSR count). The van der Waals surface area contributed by atoms with Crippen LogP contribution in [0.4, 0.5) is 5.69 Å². The molecule has 0 aliphatic carbocycles. The van der Waals surface area contributed by atoms with Gasteiger partial charge >= 0.3 is 0 Å². The van der Waals surface area contributed by atoms with Gasteiger partial charge in [0.25, 0.3) is 0 Å². The number of benzene rings is 1. The number of likely N-dealkylation sites (tertiary alicyclic amines) is 1. The van der Waals surface area contributed by atoms with Gasteiger partial charge in [-0.3, -0.25) is 4.48 Å². The zero-order valence-electron chi connectivity index (χ0n) is 12.8. The van der Waals surface area contributed by atoms with E-state index in [0.717, 1.165) is 0 Å². The van der Waals surface area contributed by atoms with E-state index in [0.29, 0.717) is 0 Å². The van der Waals surface area contributed by atoms with Gasteiger partial charge in [0.2, 0.25) is 0 Å². The Bertz CT molecular complexity index is 360. The molecule has 0 saturated carbocycles. The molecule has 19 heavy (non-hydrogen) atoms. The molecule has 1 nitrogen and oxygen atoms in total. The Morgan fingerprint density at radius 2 is 1.58 bits per heavy atom. The van der Waals surface area contributed by atoms with Crippen LogP contribution in [0.5, 0.6) is 0 Å². The summed E-state index contributed by atoms with van der Waals surface area (Å²) in [5.41, 5.74) is 2.94. The third-order valence-electron chi connectivity index (χ3n) is 4.69. The first-order chi connectivity index (χ1) is 9.27. The first-order valence-electron chi connectivity index (χ1n) is 8.20. The summed E-state index contributed by atoms with van der Waals surface area (Å²) in [5.74, 6) is 0. The number of rotatable bonds is 6. The Kier molecular flexibility index (Phi) is 5.45. The second-order valence-corrected chi connectivity index (χ2v) is 6.27. The summed E-state index contributed by atoms with van der Waals surface area (Å²) >= 11 is 0. The SMILES string of the molecule is CCCCCC[N+]1(c2ccc(C)cc2)CCCCC1. The van der Waals surface area contributed by atoms with Crippen LogP contribution in [0, 0.1) is 6.92 Å². The van der Waals surface area contributed by atoms with Crippen molar-refractivity contribution in [3.05, 3.63) is 29.8 Å². The molecule has 1 saturated heterocycles. The van der Waals surface area contributed by atoms with Crippen LogP contribution in [0.2, 0.25) is 0 Å². The van der Waals surface area contributed by atoms with Crippen LogP contribution in [0.15, 0.2) is 24.3 Å². The molecule has 1 aromatic carbocycles. The second kappa shape index (κ2) is 7.09. The zero-order chi connectivity index (χ0) is 13.6. The maximum atomic E-state index is 2.38. The van der Waals surface area contributed by atoms with Crippen molar-refractivity contribution in [1.29, 1.82) is 0 Å². The number of hydrogen-bond donors (Lipinski definition) is 0. The van der Waals surface area contributed by atoms with E-state index >= 15 is 0 Å². The molecule has 1 aliphatic rings. The van der Waals surface area contributed by atoms with Gasteiger partial charge in [-0.25, -0.2) is 0 Å². The molecule has 1 heterocycles. The van der Waals surface area contributed by atoms with Gasteiger partial charge < -0.3 is 0 Å². The highest BCUT2D eigenvalue weighted by atomic mass is 15.4. The molecule has 1 fully saturated rings. The lowest BCUT2D eigenvalue weighted by Crippen LogP contribution is -2.53. The van der Waals surface area contributed by atoms with E-state index in [4.69, 9.17) is 0 Å². The molecule has 0 bridgehead atoms. The summed E-state index contributed by atoms with van der Waals surface area (Å²) in [7, 11) is 0. The molecule has 0 amide bonds. The van der Waals surface area contributed by atoms with Gasteiger partial charge in [0.15, 0.2) is 0 Å². The van der Waals surface area contributed by atoms with Crippen LogP contribution in [-0.4, -0.2) is 19.6 Å². The molecule has 0 N–H and O–H groups in total. The maximum absolute atomic E-state index is 2.38. The largest absolute Gasteiger partial charge is 0.291 e. The number of hydrogen-bond acceptors (Lipinski definition) is 0. The first kappa shape index (κ1) is 14.6. The van der Waals surface area contributed by atoms with E-state index in [2.05, 4.69) is 38.1 Å². The predicted octanol–water partition coefficient (Wildman–Crippen LogP) is 5.07. The summed E-state index contributed by atoms with van der Waals surface area (Å²) in [5, 5.41) is 0. The number of piperidine rings is 1. The van der Waals surface area contributed by atoms with Gasteiger partial charge in [-0.05, 0) is 51.2 Å². The highest BCUT2D eigenvalue weighted by molar-refractivity contribution is 5.44. The van der Waals surface area contributed by atoms with E-state index < -0.39 is 0 Å². The molecular formula is C18H30N+. The molecule has 0 atom stereocenters. The summed E-state index contributed by atoms with van der Waals surface area (Å²) in [6, 6.07) is 9.33. The Morgan fingerprint density at radius 1 is 0.895 bits per heavy atom. The lowest BCUT2D eigenvalue weighted by Gasteiger charge is -2.41. The van der Waals surface area contributed by atoms with Crippen molar-refractivity contribution >= 4 is 5.69 Å². The minimum atomic E-state index is 1.25. The van der Waals surface area contributed by atoms with E-state index in [1.54, 1.807) is 5.69 Å². The minimum absolute atomic E-state index is 1.25. The quantitative estimate of drug-likeness (QED) is 0.495. The van der Waals surface area contributed by atoms with Gasteiger partial charge in [0, 0.05) is 0 Å². The summed E-state index contributed by atoms with van der Waals surface area (Å²) < 4.78 is 1.25. The van der Waals surface area contributed by atoms with Crippen LogP contribution >= 0.6 is 0 Å². The van der Waals surface area contributed by atoms with Crippen molar-refractivity contribution in [1.82, 2.24) is 4.48 Å². The Hall–Kier alpha value is -0.820. The van der Waals surface area contributed by atoms with E-state index in [1.807, 2.05) is 0 Å². The summed E-state index contributed by atoms with van der Waals surface area (Å²) in [6.07, 6.45) is 9.77. The van der Waals surface area contributed by atoms with Crippen LogP contribution in [0.3, 0.4) is 0 Å². The molecule has 0 unspecified atom stereocenters. The van der Waals surface area contributed by atoms with Gasteiger partial charge in [-0.1, -0.05) is 37.5 Å². The topological polar surface area (TPSA) is 0 Å². The van der Waals surface area contributed by atoms with Crippen molar-refractivity contribution in [3.8, 4) is 0 Å². The molecule has 1 aliphatic heterocycles. The minimum Gasteiger partial charge on any atom is -0.291 e. The van der Waals surface area contributed by atoms with Crippen molar-refractivity contribution in [2.24, 2.45) is 0 Å². The maximum Gasteiger partial charge on any atom is 0.132 e. The second-order valence-electron chi connectivity index (χ2n) is 6.27. The lowest BCUT2D eigenvalue weighted by molar-refractivity contribution is 0.224. The molecule has 0 radical (unpaired) electrons. The Morgan fingerprint density at radius 3 is 2.21 bits per heavy atom. The highest BCUT2D eigenvalue weighted by Gasteiger charge is 2.31. The van der Waals surface area contributed by atoms with Gasteiger partial charge in [0.05, 0.1) is 19.6 Å². The number of nitrogens with zero attached hydrogens (tertiary/aromatic N) is 1. The smallest absolute Gasteiger partial charge is 0.132 e. The van der Waals surface area contributed by atoms with E-state index in [9.17, 15) is 0 Å². The molecular weight excluding hydrogens is 230 g/mol.